The predicted molar refractivity (Wildman–Crippen MR) is 57.7 cm³/mol. The summed E-state index contributed by atoms with van der Waals surface area (Å²) in [5, 5.41) is 17.6. The Bertz CT molecular complexity index is 214. The van der Waals surface area contributed by atoms with Crippen molar-refractivity contribution in [1.82, 2.24) is 0 Å². The maximum absolute atomic E-state index is 11.0. The van der Waals surface area contributed by atoms with Gasteiger partial charge >= 0.3 is 11.9 Å². The quantitative estimate of drug-likeness (QED) is 0.359. The van der Waals surface area contributed by atoms with Crippen LogP contribution >= 0.6 is 0 Å². The lowest BCUT2D eigenvalue weighted by molar-refractivity contribution is -0.170. The SMILES string of the molecule is CCCCCCC(O)OC(=O)CCC(=O)O. The summed E-state index contributed by atoms with van der Waals surface area (Å²) in [5.41, 5.74) is 0. The first kappa shape index (κ1) is 14.9. The molecule has 0 aliphatic heterocycles. The molecule has 0 aromatic carbocycles. The third-order valence-corrected chi connectivity index (χ3v) is 2.12. The third-order valence-electron chi connectivity index (χ3n) is 2.12. The number of carboxylic acid groups (broad SMARTS) is 1. The van der Waals surface area contributed by atoms with Crippen LogP contribution < -0.4 is 0 Å². The second-order valence-corrected chi connectivity index (χ2v) is 3.69. The highest BCUT2D eigenvalue weighted by molar-refractivity contribution is 5.76. The molecule has 5 nitrogen and oxygen atoms in total. The van der Waals surface area contributed by atoms with Gasteiger partial charge in [-0.25, -0.2) is 0 Å². The van der Waals surface area contributed by atoms with Crippen LogP contribution in [0.4, 0.5) is 0 Å². The van der Waals surface area contributed by atoms with E-state index in [1.54, 1.807) is 0 Å². The maximum atomic E-state index is 11.0. The molecule has 0 fully saturated rings. The Kier molecular flexibility index (Phi) is 8.52. The molecule has 0 saturated carbocycles. The molecule has 1 atom stereocenters. The first-order valence-corrected chi connectivity index (χ1v) is 5.65. The van der Waals surface area contributed by atoms with Gasteiger partial charge in [-0.2, -0.15) is 0 Å². The third kappa shape index (κ3) is 9.45. The second-order valence-electron chi connectivity index (χ2n) is 3.69. The predicted octanol–water partition coefficient (Wildman–Crippen LogP) is 1.68. The highest BCUT2D eigenvalue weighted by Crippen LogP contribution is 2.07. The van der Waals surface area contributed by atoms with E-state index in [1.165, 1.54) is 0 Å². The summed E-state index contributed by atoms with van der Waals surface area (Å²) in [6, 6.07) is 0. The number of hydrogen-bond acceptors (Lipinski definition) is 4. The molecule has 0 aromatic rings. The van der Waals surface area contributed by atoms with E-state index in [4.69, 9.17) is 5.11 Å². The average Bonchev–Trinajstić information content (AvgIpc) is 2.21. The minimum absolute atomic E-state index is 0.193. The molecule has 16 heavy (non-hydrogen) atoms. The smallest absolute Gasteiger partial charge is 0.308 e. The number of unbranched alkanes of at least 4 members (excludes halogenated alkanes) is 3. The average molecular weight is 232 g/mol. The van der Waals surface area contributed by atoms with Crippen molar-refractivity contribution in [2.75, 3.05) is 0 Å². The first-order valence-electron chi connectivity index (χ1n) is 5.65. The molecule has 0 bridgehead atoms. The van der Waals surface area contributed by atoms with Crippen LogP contribution in [0.3, 0.4) is 0 Å². The largest absolute Gasteiger partial charge is 0.481 e. The Hall–Kier alpha value is -1.10. The topological polar surface area (TPSA) is 83.8 Å². The fourth-order valence-electron chi connectivity index (χ4n) is 1.22. The van der Waals surface area contributed by atoms with Crippen LogP contribution in [0.2, 0.25) is 0 Å². The number of ether oxygens (including phenoxy) is 1. The molecule has 0 amide bonds. The lowest BCUT2D eigenvalue weighted by Crippen LogP contribution is -2.18. The lowest BCUT2D eigenvalue weighted by atomic mass is 10.1. The molecular weight excluding hydrogens is 212 g/mol. The van der Waals surface area contributed by atoms with E-state index in [0.29, 0.717) is 6.42 Å². The number of aliphatic carboxylic acids is 1. The first-order chi connectivity index (χ1) is 7.56. The summed E-state index contributed by atoms with van der Waals surface area (Å²) >= 11 is 0. The van der Waals surface area contributed by atoms with Gasteiger partial charge in [0.1, 0.15) is 0 Å². The number of aliphatic hydroxyl groups is 1. The summed E-state index contributed by atoms with van der Waals surface area (Å²) in [7, 11) is 0. The molecule has 0 heterocycles. The molecule has 0 rings (SSSR count). The highest BCUT2D eigenvalue weighted by Gasteiger charge is 2.11. The van der Waals surface area contributed by atoms with Crippen molar-refractivity contribution in [3.05, 3.63) is 0 Å². The van der Waals surface area contributed by atoms with Gasteiger partial charge in [0.05, 0.1) is 12.8 Å². The van der Waals surface area contributed by atoms with Crippen molar-refractivity contribution in [3.63, 3.8) is 0 Å². The van der Waals surface area contributed by atoms with Gasteiger partial charge in [0.2, 0.25) is 6.29 Å². The van der Waals surface area contributed by atoms with Gasteiger partial charge in [-0.1, -0.05) is 26.2 Å². The molecule has 0 aliphatic carbocycles. The van der Waals surface area contributed by atoms with Crippen LogP contribution in [0.5, 0.6) is 0 Å². The molecule has 0 radical (unpaired) electrons. The van der Waals surface area contributed by atoms with Crippen LogP contribution in [0.15, 0.2) is 0 Å². The van der Waals surface area contributed by atoms with Crippen LogP contribution in [0, 0.1) is 0 Å². The van der Waals surface area contributed by atoms with Crippen LogP contribution in [0.25, 0.3) is 0 Å². The van der Waals surface area contributed by atoms with Crippen LogP contribution in [0.1, 0.15) is 51.9 Å². The van der Waals surface area contributed by atoms with Gasteiger partial charge in [-0.15, -0.1) is 0 Å². The number of hydrogen-bond donors (Lipinski definition) is 2. The molecule has 0 aromatic heterocycles. The van der Waals surface area contributed by atoms with Crippen molar-refractivity contribution in [3.8, 4) is 0 Å². The molecular formula is C11H20O5. The van der Waals surface area contributed by atoms with E-state index in [-0.39, 0.29) is 12.8 Å². The normalized spacial score (nSPS) is 12.1. The van der Waals surface area contributed by atoms with Crippen molar-refractivity contribution in [1.29, 1.82) is 0 Å². The van der Waals surface area contributed by atoms with Gasteiger partial charge in [0, 0.05) is 6.42 Å². The molecule has 5 heteroatoms. The number of carboxylic acids is 1. The number of carbonyl (C=O) groups excluding carboxylic acids is 1. The number of rotatable bonds is 9. The Labute approximate surface area is 95.4 Å². The van der Waals surface area contributed by atoms with E-state index < -0.39 is 18.2 Å². The van der Waals surface area contributed by atoms with Crippen molar-refractivity contribution < 1.29 is 24.5 Å². The zero-order valence-corrected chi connectivity index (χ0v) is 9.65. The molecule has 2 N–H and O–H groups in total. The minimum atomic E-state index is -1.10. The van der Waals surface area contributed by atoms with E-state index in [1.807, 2.05) is 0 Å². The fourth-order valence-corrected chi connectivity index (χ4v) is 1.22. The van der Waals surface area contributed by atoms with E-state index in [9.17, 15) is 14.7 Å². The minimum Gasteiger partial charge on any atom is -0.481 e. The number of carbonyl (C=O) groups is 2. The highest BCUT2D eigenvalue weighted by atomic mass is 16.6. The molecule has 0 aliphatic rings. The molecule has 1 unspecified atom stereocenters. The maximum Gasteiger partial charge on any atom is 0.308 e. The Morgan fingerprint density at radius 3 is 2.44 bits per heavy atom. The summed E-state index contributed by atoms with van der Waals surface area (Å²) in [6.45, 7) is 2.09. The van der Waals surface area contributed by atoms with Gasteiger partial charge in [-0.05, 0) is 6.42 Å². The Morgan fingerprint density at radius 1 is 1.19 bits per heavy atom. The van der Waals surface area contributed by atoms with Gasteiger partial charge in [-0.3, -0.25) is 9.59 Å². The summed E-state index contributed by atoms with van der Waals surface area (Å²) in [4.78, 5) is 21.2. The van der Waals surface area contributed by atoms with Gasteiger partial charge in [0.15, 0.2) is 0 Å². The second kappa shape index (κ2) is 9.15. The molecule has 94 valence electrons. The zero-order valence-electron chi connectivity index (χ0n) is 9.65. The van der Waals surface area contributed by atoms with Crippen LogP contribution in [-0.2, 0) is 14.3 Å². The number of aliphatic hydroxyl groups excluding tert-OH is 1. The van der Waals surface area contributed by atoms with Gasteiger partial charge < -0.3 is 14.9 Å². The zero-order chi connectivity index (χ0) is 12.4. The number of esters is 1. The van der Waals surface area contributed by atoms with E-state index >= 15 is 0 Å². The van der Waals surface area contributed by atoms with Crippen molar-refractivity contribution in [2.24, 2.45) is 0 Å². The van der Waals surface area contributed by atoms with Crippen molar-refractivity contribution in [2.45, 2.75) is 58.2 Å². The summed E-state index contributed by atoms with van der Waals surface area (Å²) in [5.74, 6) is -1.71. The van der Waals surface area contributed by atoms with Crippen LogP contribution in [-0.4, -0.2) is 28.4 Å². The summed E-state index contributed by atoms with van der Waals surface area (Å²) < 4.78 is 4.63. The Morgan fingerprint density at radius 2 is 1.88 bits per heavy atom. The van der Waals surface area contributed by atoms with Crippen molar-refractivity contribution >= 4 is 11.9 Å². The fraction of sp³-hybridized carbons (Fsp3) is 0.818. The summed E-state index contributed by atoms with van der Waals surface area (Å²) in [6.07, 6.45) is 2.87. The van der Waals surface area contributed by atoms with Gasteiger partial charge in [0.25, 0.3) is 0 Å². The van der Waals surface area contributed by atoms with E-state index in [2.05, 4.69) is 11.7 Å². The molecule has 0 spiro atoms. The Balaban J connectivity index is 3.50. The monoisotopic (exact) mass is 232 g/mol. The van der Waals surface area contributed by atoms with E-state index in [0.717, 1.165) is 25.7 Å². The molecule has 0 saturated heterocycles. The standard InChI is InChI=1S/C11H20O5/c1-2-3-4-5-6-10(14)16-11(15)8-7-9(12)13/h10,14H,2-8H2,1H3,(H,12,13). The lowest BCUT2D eigenvalue weighted by Gasteiger charge is -2.11.